The Morgan fingerprint density at radius 3 is 2.40 bits per heavy atom. The molecule has 2 unspecified atom stereocenters. The van der Waals surface area contributed by atoms with Crippen LogP contribution in [0.15, 0.2) is 0 Å². The van der Waals surface area contributed by atoms with Gasteiger partial charge in [-0.15, -0.1) is 0 Å². The highest BCUT2D eigenvalue weighted by molar-refractivity contribution is 7.90. The van der Waals surface area contributed by atoms with Crippen LogP contribution in [0.1, 0.15) is 33.1 Å². The molecular formula is C9H18N2O3S. The molecule has 0 aliphatic carbocycles. The second-order valence-electron chi connectivity index (χ2n) is 3.32. The predicted octanol–water partition coefficient (Wildman–Crippen LogP) is 0.369. The van der Waals surface area contributed by atoms with Crippen molar-refractivity contribution in [3.63, 3.8) is 0 Å². The Kier molecular flexibility index (Phi) is 6.48. The van der Waals surface area contributed by atoms with Crippen molar-refractivity contribution in [1.82, 2.24) is 4.72 Å². The fraction of sp³-hybridized carbons (Fsp3) is 0.889. The Morgan fingerprint density at radius 1 is 1.40 bits per heavy atom. The summed E-state index contributed by atoms with van der Waals surface area (Å²) in [6.07, 6.45) is 0.742. The number of hydrogen-bond acceptors (Lipinski definition) is 4. The summed E-state index contributed by atoms with van der Waals surface area (Å²) >= 11 is 0. The fourth-order valence-corrected chi connectivity index (χ4v) is 2.23. The van der Waals surface area contributed by atoms with Crippen molar-refractivity contribution < 1.29 is 13.5 Å². The van der Waals surface area contributed by atoms with Crippen molar-refractivity contribution in [1.29, 1.82) is 5.26 Å². The molecule has 0 aliphatic rings. The van der Waals surface area contributed by atoms with Crippen LogP contribution in [0, 0.1) is 11.3 Å². The van der Waals surface area contributed by atoms with Gasteiger partial charge in [-0.3, -0.25) is 0 Å². The minimum Gasteiger partial charge on any atom is -0.393 e. The van der Waals surface area contributed by atoms with Crippen LogP contribution in [0.3, 0.4) is 0 Å². The molecule has 0 heterocycles. The molecule has 2 atom stereocenters. The number of hydrogen-bond donors (Lipinski definition) is 2. The Labute approximate surface area is 91.2 Å². The summed E-state index contributed by atoms with van der Waals surface area (Å²) in [6.45, 7) is 3.65. The van der Waals surface area contributed by atoms with Crippen molar-refractivity contribution >= 4 is 10.0 Å². The van der Waals surface area contributed by atoms with Crippen LogP contribution in [0.25, 0.3) is 0 Å². The average molecular weight is 234 g/mol. The lowest BCUT2D eigenvalue weighted by molar-refractivity contribution is 0.162. The maximum Gasteiger partial charge on any atom is 0.227 e. The Morgan fingerprint density at radius 2 is 2.00 bits per heavy atom. The van der Waals surface area contributed by atoms with E-state index >= 15 is 0 Å². The summed E-state index contributed by atoms with van der Waals surface area (Å²) < 4.78 is 25.2. The molecule has 0 fully saturated rings. The molecule has 0 spiro atoms. The molecule has 0 aromatic rings. The molecule has 0 saturated carbocycles. The molecule has 0 saturated heterocycles. The van der Waals surface area contributed by atoms with Gasteiger partial charge in [-0.05, 0) is 19.3 Å². The number of aliphatic hydroxyl groups excluding tert-OH is 1. The van der Waals surface area contributed by atoms with Crippen molar-refractivity contribution in [3.05, 3.63) is 0 Å². The molecule has 0 radical (unpaired) electrons. The van der Waals surface area contributed by atoms with E-state index in [0.717, 1.165) is 0 Å². The minimum atomic E-state index is -3.55. The van der Waals surface area contributed by atoms with E-state index in [0.29, 0.717) is 12.8 Å². The van der Waals surface area contributed by atoms with E-state index in [1.165, 1.54) is 0 Å². The monoisotopic (exact) mass is 234 g/mol. The minimum absolute atomic E-state index is 0.176. The summed E-state index contributed by atoms with van der Waals surface area (Å²) in [6, 6.07) is 1.73. The largest absolute Gasteiger partial charge is 0.393 e. The van der Waals surface area contributed by atoms with Crippen LogP contribution in [0.5, 0.6) is 0 Å². The first-order valence-electron chi connectivity index (χ1n) is 5.04. The van der Waals surface area contributed by atoms with Gasteiger partial charge in [0.25, 0.3) is 0 Å². The van der Waals surface area contributed by atoms with Crippen molar-refractivity contribution in [2.24, 2.45) is 0 Å². The highest BCUT2D eigenvalue weighted by Crippen LogP contribution is 2.03. The molecule has 0 aromatic heterocycles. The molecule has 5 nitrogen and oxygen atoms in total. The van der Waals surface area contributed by atoms with E-state index < -0.39 is 21.4 Å². The van der Waals surface area contributed by atoms with E-state index in [1.54, 1.807) is 13.0 Å². The third-order valence-corrected chi connectivity index (χ3v) is 3.94. The van der Waals surface area contributed by atoms with Gasteiger partial charge in [0.15, 0.2) is 5.25 Å². The second-order valence-corrected chi connectivity index (χ2v) is 5.26. The number of nitriles is 1. The van der Waals surface area contributed by atoms with Gasteiger partial charge in [-0.2, -0.15) is 5.26 Å². The maximum absolute atomic E-state index is 11.4. The zero-order valence-corrected chi connectivity index (χ0v) is 9.92. The van der Waals surface area contributed by atoms with Crippen LogP contribution in [0.4, 0.5) is 0 Å². The van der Waals surface area contributed by atoms with Crippen molar-refractivity contribution in [2.75, 3.05) is 6.54 Å². The SMILES string of the molecule is CCC(O)CCNS(=O)(=O)C(C#N)CC. The number of aliphatic hydroxyl groups is 1. The van der Waals surface area contributed by atoms with Crippen LogP contribution >= 0.6 is 0 Å². The van der Waals surface area contributed by atoms with Gasteiger partial charge in [0, 0.05) is 6.54 Å². The topological polar surface area (TPSA) is 90.2 Å². The zero-order chi connectivity index (χ0) is 11.9. The molecule has 15 heavy (non-hydrogen) atoms. The summed E-state index contributed by atoms with van der Waals surface area (Å²) in [5, 5.41) is 16.8. The van der Waals surface area contributed by atoms with Gasteiger partial charge in [0.1, 0.15) is 0 Å². The van der Waals surface area contributed by atoms with Crippen molar-refractivity contribution in [2.45, 2.75) is 44.5 Å². The van der Waals surface area contributed by atoms with Gasteiger partial charge < -0.3 is 5.11 Å². The molecule has 6 heteroatoms. The van der Waals surface area contributed by atoms with Crippen LogP contribution < -0.4 is 4.72 Å². The average Bonchev–Trinajstić information content (AvgIpc) is 2.18. The summed E-state index contributed by atoms with van der Waals surface area (Å²) in [5.74, 6) is 0. The number of sulfonamides is 1. The smallest absolute Gasteiger partial charge is 0.227 e. The van der Waals surface area contributed by atoms with Gasteiger partial charge in [-0.1, -0.05) is 13.8 Å². The van der Waals surface area contributed by atoms with Gasteiger partial charge in [0.2, 0.25) is 10.0 Å². The highest BCUT2D eigenvalue weighted by atomic mass is 32.2. The first-order valence-corrected chi connectivity index (χ1v) is 6.58. The van der Waals surface area contributed by atoms with E-state index in [1.807, 2.05) is 6.92 Å². The summed E-state index contributed by atoms with van der Waals surface area (Å²) in [4.78, 5) is 0. The molecule has 88 valence electrons. The molecule has 0 aliphatic heterocycles. The highest BCUT2D eigenvalue weighted by Gasteiger charge is 2.22. The van der Waals surface area contributed by atoms with Crippen LogP contribution in [-0.4, -0.2) is 31.4 Å². The van der Waals surface area contributed by atoms with Gasteiger partial charge in [0.05, 0.1) is 12.2 Å². The third-order valence-electron chi connectivity index (χ3n) is 2.14. The van der Waals surface area contributed by atoms with E-state index in [-0.39, 0.29) is 13.0 Å². The zero-order valence-electron chi connectivity index (χ0n) is 9.10. The first kappa shape index (κ1) is 14.4. The molecule has 0 aromatic carbocycles. The van der Waals surface area contributed by atoms with Gasteiger partial charge >= 0.3 is 0 Å². The van der Waals surface area contributed by atoms with E-state index in [2.05, 4.69) is 4.72 Å². The predicted molar refractivity (Wildman–Crippen MR) is 57.5 cm³/mol. The second kappa shape index (κ2) is 6.77. The summed E-state index contributed by atoms with van der Waals surface area (Å²) in [7, 11) is -3.55. The van der Waals surface area contributed by atoms with E-state index in [4.69, 9.17) is 5.26 Å². The number of nitrogens with one attached hydrogen (secondary N) is 1. The number of nitrogens with zero attached hydrogens (tertiary/aromatic N) is 1. The summed E-state index contributed by atoms with van der Waals surface area (Å²) in [5.41, 5.74) is 0. The van der Waals surface area contributed by atoms with Crippen LogP contribution in [0.2, 0.25) is 0 Å². The van der Waals surface area contributed by atoms with Gasteiger partial charge in [-0.25, -0.2) is 13.1 Å². The quantitative estimate of drug-likeness (QED) is 0.666. The lowest BCUT2D eigenvalue weighted by Gasteiger charge is -2.11. The standard InChI is InChI=1S/C9H18N2O3S/c1-3-8(12)5-6-11-15(13,14)9(4-2)7-10/h8-9,11-12H,3-6H2,1-2H3. The lowest BCUT2D eigenvalue weighted by atomic mass is 10.2. The first-order chi connectivity index (χ1) is 6.97. The Balaban J connectivity index is 4.12. The van der Waals surface area contributed by atoms with Crippen molar-refractivity contribution in [3.8, 4) is 6.07 Å². The lowest BCUT2D eigenvalue weighted by Crippen LogP contribution is -2.34. The maximum atomic E-state index is 11.4. The Hall–Kier alpha value is -0.640. The normalized spacial score (nSPS) is 15.6. The molecule has 2 N–H and O–H groups in total. The fourth-order valence-electron chi connectivity index (χ4n) is 1.05. The van der Waals surface area contributed by atoms with E-state index in [9.17, 15) is 13.5 Å². The molecule has 0 amide bonds. The van der Waals surface area contributed by atoms with Crippen LogP contribution in [-0.2, 0) is 10.0 Å². The molecule has 0 rings (SSSR count). The molecular weight excluding hydrogens is 216 g/mol. The third kappa shape index (κ3) is 5.11. The number of rotatable bonds is 7. The molecule has 0 bridgehead atoms. The Bertz CT molecular complexity index is 308.